The van der Waals surface area contributed by atoms with Crippen molar-refractivity contribution in [3.8, 4) is 0 Å². The third-order valence-electron chi connectivity index (χ3n) is 2.93. The highest BCUT2D eigenvalue weighted by Gasteiger charge is 2.28. The van der Waals surface area contributed by atoms with Crippen molar-refractivity contribution in [2.45, 2.75) is 39.2 Å². The van der Waals surface area contributed by atoms with Crippen molar-refractivity contribution in [1.82, 2.24) is 10.2 Å². The largest absolute Gasteiger partial charge is 0.335 e. The number of rotatable bonds is 4. The van der Waals surface area contributed by atoms with Crippen LogP contribution in [0.2, 0.25) is 0 Å². The number of allylic oxidation sites excluding steroid dienone is 1. The minimum absolute atomic E-state index is 0. The second-order valence-electron chi connectivity index (χ2n) is 4.15. The van der Waals surface area contributed by atoms with Crippen LogP contribution in [0.5, 0.6) is 0 Å². The molecule has 0 aromatic rings. The monoisotopic (exact) mass is 246 g/mol. The van der Waals surface area contributed by atoms with E-state index in [1.54, 1.807) is 0 Å². The normalized spacial score (nSPS) is 20.8. The van der Waals surface area contributed by atoms with E-state index in [0.29, 0.717) is 6.04 Å². The van der Waals surface area contributed by atoms with Crippen molar-refractivity contribution in [1.29, 1.82) is 0 Å². The van der Waals surface area contributed by atoms with Crippen LogP contribution in [0.25, 0.3) is 0 Å². The quantitative estimate of drug-likeness (QED) is 0.770. The third kappa shape index (κ3) is 3.80. The van der Waals surface area contributed by atoms with Crippen LogP contribution in [-0.2, 0) is 4.79 Å². The number of hydrogen-bond donors (Lipinski definition) is 1. The number of amides is 1. The summed E-state index contributed by atoms with van der Waals surface area (Å²) < 4.78 is 0. The molecule has 1 atom stereocenters. The molecule has 0 aromatic carbocycles. The summed E-state index contributed by atoms with van der Waals surface area (Å²) in [7, 11) is 1.94. The first kappa shape index (κ1) is 15.5. The molecule has 94 valence electrons. The van der Waals surface area contributed by atoms with Crippen LogP contribution < -0.4 is 5.32 Å². The van der Waals surface area contributed by atoms with E-state index in [2.05, 4.69) is 12.2 Å². The summed E-state index contributed by atoms with van der Waals surface area (Å²) in [5.74, 6) is 0.217. The van der Waals surface area contributed by atoms with E-state index >= 15 is 0 Å². The van der Waals surface area contributed by atoms with Gasteiger partial charge in [-0.3, -0.25) is 4.79 Å². The predicted molar refractivity (Wildman–Crippen MR) is 70.0 cm³/mol. The van der Waals surface area contributed by atoms with E-state index in [1.165, 1.54) is 0 Å². The molecule has 4 heteroatoms. The molecular weight excluding hydrogens is 224 g/mol. The Bertz CT molecular complexity index is 253. The lowest BCUT2D eigenvalue weighted by Crippen LogP contribution is -2.41. The van der Waals surface area contributed by atoms with Crippen LogP contribution in [0.4, 0.5) is 0 Å². The Morgan fingerprint density at radius 2 is 2.25 bits per heavy atom. The Balaban J connectivity index is 0.00000225. The maximum Gasteiger partial charge on any atom is 0.249 e. The van der Waals surface area contributed by atoms with Crippen molar-refractivity contribution < 1.29 is 4.79 Å². The number of hydrogen-bond acceptors (Lipinski definition) is 2. The third-order valence-corrected chi connectivity index (χ3v) is 2.93. The molecule has 0 radical (unpaired) electrons. The molecule has 1 aliphatic rings. The van der Waals surface area contributed by atoms with Crippen molar-refractivity contribution in [2.24, 2.45) is 0 Å². The van der Waals surface area contributed by atoms with E-state index in [4.69, 9.17) is 0 Å². The van der Waals surface area contributed by atoms with E-state index < -0.39 is 0 Å². The Hall–Kier alpha value is -0.540. The van der Waals surface area contributed by atoms with E-state index in [1.807, 2.05) is 24.9 Å². The first-order valence-corrected chi connectivity index (χ1v) is 5.83. The standard InChI is InChI=1S/C12H22N2O.ClH/c1-4-6-10(2)12(15)14-8-5-7-11(14)9-13-3;/h6,11,13H,4-5,7-9H2,1-3H3;1H/b10-6+;. The van der Waals surface area contributed by atoms with Crippen LogP contribution in [0.1, 0.15) is 33.1 Å². The number of likely N-dealkylation sites (N-methyl/N-ethyl adjacent to an activating group) is 1. The summed E-state index contributed by atoms with van der Waals surface area (Å²) in [5, 5.41) is 3.15. The highest BCUT2D eigenvalue weighted by Crippen LogP contribution is 2.19. The van der Waals surface area contributed by atoms with Gasteiger partial charge in [0.05, 0.1) is 0 Å². The fourth-order valence-electron chi connectivity index (χ4n) is 2.17. The molecule has 1 N–H and O–H groups in total. The van der Waals surface area contributed by atoms with Gasteiger partial charge in [-0.05, 0) is 33.2 Å². The fraction of sp³-hybridized carbons (Fsp3) is 0.750. The summed E-state index contributed by atoms with van der Waals surface area (Å²) >= 11 is 0. The zero-order valence-corrected chi connectivity index (χ0v) is 11.3. The first-order chi connectivity index (χ1) is 7.20. The maximum atomic E-state index is 12.1. The van der Waals surface area contributed by atoms with Gasteiger partial charge in [-0.1, -0.05) is 13.0 Å². The number of likely N-dealkylation sites (tertiary alicyclic amines) is 1. The van der Waals surface area contributed by atoms with Gasteiger partial charge in [-0.15, -0.1) is 12.4 Å². The molecule has 1 heterocycles. The summed E-state index contributed by atoms with van der Waals surface area (Å²) in [5.41, 5.74) is 0.889. The molecule has 3 nitrogen and oxygen atoms in total. The predicted octanol–water partition coefficient (Wildman–Crippen LogP) is 1.97. The second kappa shape index (κ2) is 7.69. The average Bonchev–Trinajstić information content (AvgIpc) is 2.66. The average molecular weight is 247 g/mol. The maximum absolute atomic E-state index is 12.1. The Kier molecular flexibility index (Phi) is 7.43. The lowest BCUT2D eigenvalue weighted by atomic mass is 10.2. The van der Waals surface area contributed by atoms with Crippen molar-refractivity contribution >= 4 is 18.3 Å². The minimum atomic E-state index is 0. The van der Waals surface area contributed by atoms with E-state index in [-0.39, 0.29) is 18.3 Å². The van der Waals surface area contributed by atoms with Crippen LogP contribution >= 0.6 is 12.4 Å². The molecule has 0 aromatic heterocycles. The van der Waals surface area contributed by atoms with Crippen LogP contribution in [0.3, 0.4) is 0 Å². The topological polar surface area (TPSA) is 32.3 Å². The van der Waals surface area contributed by atoms with Crippen molar-refractivity contribution in [2.75, 3.05) is 20.1 Å². The van der Waals surface area contributed by atoms with Crippen molar-refractivity contribution in [3.05, 3.63) is 11.6 Å². The number of nitrogens with zero attached hydrogens (tertiary/aromatic N) is 1. The van der Waals surface area contributed by atoms with Crippen LogP contribution in [0, 0.1) is 0 Å². The van der Waals surface area contributed by atoms with Gasteiger partial charge in [0.1, 0.15) is 0 Å². The van der Waals surface area contributed by atoms with Gasteiger partial charge in [0, 0.05) is 24.7 Å². The smallest absolute Gasteiger partial charge is 0.249 e. The van der Waals surface area contributed by atoms with Gasteiger partial charge in [0.15, 0.2) is 0 Å². The minimum Gasteiger partial charge on any atom is -0.335 e. The highest BCUT2D eigenvalue weighted by atomic mass is 35.5. The Morgan fingerprint density at radius 1 is 1.56 bits per heavy atom. The molecule has 0 aliphatic carbocycles. The Labute approximate surface area is 105 Å². The highest BCUT2D eigenvalue weighted by molar-refractivity contribution is 5.93. The van der Waals surface area contributed by atoms with Crippen molar-refractivity contribution in [3.63, 3.8) is 0 Å². The summed E-state index contributed by atoms with van der Waals surface area (Å²) in [6, 6.07) is 0.391. The summed E-state index contributed by atoms with van der Waals surface area (Å²) in [6.45, 7) is 5.80. The molecule has 1 unspecified atom stereocenters. The number of halogens is 1. The second-order valence-corrected chi connectivity index (χ2v) is 4.15. The lowest BCUT2D eigenvalue weighted by molar-refractivity contribution is -0.127. The fourth-order valence-corrected chi connectivity index (χ4v) is 2.17. The SMILES string of the molecule is CC/C=C(\C)C(=O)N1CCCC1CNC.Cl. The molecule has 16 heavy (non-hydrogen) atoms. The van der Waals surface area contributed by atoms with Crippen LogP contribution in [-0.4, -0.2) is 37.0 Å². The molecule has 1 rings (SSSR count). The molecule has 1 fully saturated rings. The molecule has 1 aliphatic heterocycles. The molecule has 0 spiro atoms. The van der Waals surface area contributed by atoms with E-state index in [9.17, 15) is 4.79 Å². The van der Waals surface area contributed by atoms with Gasteiger partial charge >= 0.3 is 0 Å². The van der Waals surface area contributed by atoms with Gasteiger partial charge in [-0.2, -0.15) is 0 Å². The Morgan fingerprint density at radius 3 is 2.81 bits per heavy atom. The molecule has 1 amide bonds. The van der Waals surface area contributed by atoms with Gasteiger partial charge in [-0.25, -0.2) is 0 Å². The first-order valence-electron chi connectivity index (χ1n) is 5.83. The van der Waals surface area contributed by atoms with Gasteiger partial charge in [0.2, 0.25) is 5.91 Å². The van der Waals surface area contributed by atoms with E-state index in [0.717, 1.165) is 37.9 Å². The number of carbonyl (C=O) groups excluding carboxylic acids is 1. The summed E-state index contributed by atoms with van der Waals surface area (Å²) in [4.78, 5) is 14.1. The van der Waals surface area contributed by atoms with Crippen LogP contribution in [0.15, 0.2) is 11.6 Å². The van der Waals surface area contributed by atoms with Gasteiger partial charge in [0.25, 0.3) is 0 Å². The molecule has 0 saturated carbocycles. The number of nitrogens with one attached hydrogen (secondary N) is 1. The number of carbonyl (C=O) groups is 1. The lowest BCUT2D eigenvalue weighted by Gasteiger charge is -2.24. The zero-order chi connectivity index (χ0) is 11.3. The molecule has 1 saturated heterocycles. The summed E-state index contributed by atoms with van der Waals surface area (Å²) in [6.07, 6.45) is 5.21. The molecular formula is C12H23ClN2O. The molecule has 0 bridgehead atoms. The van der Waals surface area contributed by atoms with Gasteiger partial charge < -0.3 is 10.2 Å². The zero-order valence-electron chi connectivity index (χ0n) is 10.5.